The molecule has 7 nitrogen and oxygen atoms in total. The normalized spacial score (nSPS) is 30.9. The quantitative estimate of drug-likeness (QED) is 0.315. The van der Waals surface area contributed by atoms with Crippen LogP contribution in [0.3, 0.4) is 0 Å². The summed E-state index contributed by atoms with van der Waals surface area (Å²) in [6.45, 7) is 0.496. The monoisotopic (exact) mass is 428 g/mol. The van der Waals surface area contributed by atoms with E-state index in [0.717, 1.165) is 12.0 Å². The van der Waals surface area contributed by atoms with Crippen molar-refractivity contribution >= 4 is 17.9 Å². The molecule has 1 saturated carbocycles. The van der Waals surface area contributed by atoms with Gasteiger partial charge in [0, 0.05) is 5.92 Å². The Morgan fingerprint density at radius 3 is 2.26 bits per heavy atom. The Bertz CT molecular complexity index is 874. The molecule has 0 N–H and O–H groups in total. The number of carbonyl (C=O) groups is 3. The maximum atomic E-state index is 12.8. The van der Waals surface area contributed by atoms with E-state index >= 15 is 0 Å². The molecule has 31 heavy (non-hydrogen) atoms. The Morgan fingerprint density at radius 1 is 0.968 bits per heavy atom. The minimum Gasteiger partial charge on any atom is -0.469 e. The average Bonchev–Trinajstić information content (AvgIpc) is 3.21. The largest absolute Gasteiger partial charge is 0.469 e. The average molecular weight is 428 g/mol. The minimum atomic E-state index is -1.42. The van der Waals surface area contributed by atoms with Crippen molar-refractivity contribution < 1.29 is 33.3 Å². The molecule has 0 bridgehead atoms. The third-order valence-corrected chi connectivity index (χ3v) is 7.15. The number of hydrogen-bond donors (Lipinski definition) is 0. The van der Waals surface area contributed by atoms with Gasteiger partial charge in [0.2, 0.25) is 0 Å². The van der Waals surface area contributed by atoms with Gasteiger partial charge in [-0.3, -0.25) is 14.4 Å². The molecular formula is C24H28O7. The van der Waals surface area contributed by atoms with Gasteiger partial charge in [0.25, 0.3) is 0 Å². The molecule has 0 radical (unpaired) electrons. The van der Waals surface area contributed by atoms with Crippen LogP contribution in [0.15, 0.2) is 42.0 Å². The van der Waals surface area contributed by atoms with E-state index in [4.69, 9.17) is 18.9 Å². The van der Waals surface area contributed by atoms with Crippen molar-refractivity contribution in [1.82, 2.24) is 0 Å². The second kappa shape index (κ2) is 8.46. The zero-order chi connectivity index (χ0) is 22.2. The summed E-state index contributed by atoms with van der Waals surface area (Å²) >= 11 is 0. The van der Waals surface area contributed by atoms with Crippen molar-refractivity contribution in [1.29, 1.82) is 0 Å². The van der Waals surface area contributed by atoms with E-state index in [1.54, 1.807) is 0 Å². The number of esters is 3. The topological polar surface area (TPSA) is 88.1 Å². The molecule has 0 aromatic heterocycles. The summed E-state index contributed by atoms with van der Waals surface area (Å²) in [4.78, 5) is 38.2. The van der Waals surface area contributed by atoms with Crippen molar-refractivity contribution in [3.05, 3.63) is 47.5 Å². The molecule has 1 aromatic rings. The van der Waals surface area contributed by atoms with Crippen molar-refractivity contribution in [3.63, 3.8) is 0 Å². The molecule has 2 fully saturated rings. The fourth-order valence-electron chi connectivity index (χ4n) is 5.73. The van der Waals surface area contributed by atoms with Crippen molar-refractivity contribution in [2.45, 2.75) is 31.3 Å². The van der Waals surface area contributed by atoms with Gasteiger partial charge in [0.1, 0.15) is 0 Å². The van der Waals surface area contributed by atoms with Crippen LogP contribution in [-0.2, 0) is 33.3 Å². The lowest BCUT2D eigenvalue weighted by Gasteiger charge is -2.42. The molecule has 166 valence electrons. The van der Waals surface area contributed by atoms with E-state index in [0.29, 0.717) is 6.61 Å². The van der Waals surface area contributed by atoms with Gasteiger partial charge < -0.3 is 18.9 Å². The van der Waals surface area contributed by atoms with Crippen LogP contribution in [0.5, 0.6) is 0 Å². The van der Waals surface area contributed by atoms with Crippen LogP contribution < -0.4 is 0 Å². The van der Waals surface area contributed by atoms with Gasteiger partial charge in [-0.15, -0.1) is 0 Å². The van der Waals surface area contributed by atoms with E-state index < -0.39 is 29.4 Å². The maximum Gasteiger partial charge on any atom is 0.323 e. The van der Waals surface area contributed by atoms with Gasteiger partial charge in [-0.25, -0.2) is 0 Å². The smallest absolute Gasteiger partial charge is 0.323 e. The number of benzene rings is 1. The first kappa shape index (κ1) is 21.6. The lowest BCUT2D eigenvalue weighted by atomic mass is 9.69. The molecule has 7 heteroatoms. The summed E-state index contributed by atoms with van der Waals surface area (Å²) in [5.41, 5.74) is 0.792. The van der Waals surface area contributed by atoms with Gasteiger partial charge >= 0.3 is 17.9 Å². The highest BCUT2D eigenvalue weighted by Crippen LogP contribution is 2.56. The standard InChI is InChI=1S/C24H28O7/c1-28-21(25)19-18-12-24(22(26)29-2,23(27)30-3)11-16(18)9-15-10-17(13-31-20(15)19)14-7-5-4-6-8-14/h4-9,16-20H,10-13H2,1-3H3/t16-,17+,18-,19+,20-/m0/s1. The fourth-order valence-corrected chi connectivity index (χ4v) is 5.73. The summed E-state index contributed by atoms with van der Waals surface area (Å²) in [6, 6.07) is 10.1. The molecule has 1 aromatic carbocycles. The highest BCUT2D eigenvalue weighted by atomic mass is 16.5. The first-order valence-corrected chi connectivity index (χ1v) is 10.6. The van der Waals surface area contributed by atoms with Crippen LogP contribution in [0, 0.1) is 23.2 Å². The molecule has 0 spiro atoms. The predicted octanol–water partition coefficient (Wildman–Crippen LogP) is 2.65. The Labute approximate surface area is 181 Å². The molecule has 1 aliphatic heterocycles. The van der Waals surface area contributed by atoms with Crippen molar-refractivity contribution in [2.24, 2.45) is 23.2 Å². The van der Waals surface area contributed by atoms with Crippen molar-refractivity contribution in [2.75, 3.05) is 27.9 Å². The first-order valence-electron chi connectivity index (χ1n) is 10.6. The molecule has 0 amide bonds. The Kier molecular flexibility index (Phi) is 5.88. The first-order chi connectivity index (χ1) is 14.9. The van der Waals surface area contributed by atoms with E-state index in [1.807, 2.05) is 18.2 Å². The maximum absolute atomic E-state index is 12.8. The molecule has 4 rings (SSSR count). The van der Waals surface area contributed by atoms with Crippen LogP contribution in [0.2, 0.25) is 0 Å². The Morgan fingerprint density at radius 2 is 1.65 bits per heavy atom. The predicted molar refractivity (Wildman–Crippen MR) is 110 cm³/mol. The molecule has 5 atom stereocenters. The number of allylic oxidation sites excluding steroid dienone is 1. The van der Waals surface area contributed by atoms with Crippen LogP contribution in [-0.4, -0.2) is 51.9 Å². The van der Waals surface area contributed by atoms with Gasteiger partial charge in [-0.2, -0.15) is 0 Å². The summed E-state index contributed by atoms with van der Waals surface area (Å²) in [7, 11) is 3.88. The Balaban J connectivity index is 1.70. The van der Waals surface area contributed by atoms with Gasteiger partial charge in [0.05, 0.1) is 40.0 Å². The molecule has 1 heterocycles. The highest BCUT2D eigenvalue weighted by molar-refractivity contribution is 6.00. The summed E-state index contributed by atoms with van der Waals surface area (Å²) in [5, 5.41) is 0. The number of hydrogen-bond acceptors (Lipinski definition) is 7. The van der Waals surface area contributed by atoms with E-state index in [2.05, 4.69) is 18.2 Å². The van der Waals surface area contributed by atoms with E-state index in [1.165, 1.54) is 26.9 Å². The molecule has 2 aliphatic carbocycles. The molecule has 3 aliphatic rings. The SMILES string of the molecule is COC(=O)[C@@H]1[C@H]2CC(C(=O)OC)(C(=O)OC)C[C@@H]2C=C2C[C@@H](c3ccccc3)CO[C@@H]21. The van der Waals surface area contributed by atoms with Crippen LogP contribution in [0.1, 0.15) is 30.7 Å². The van der Waals surface area contributed by atoms with Crippen LogP contribution >= 0.6 is 0 Å². The highest BCUT2D eigenvalue weighted by Gasteiger charge is 2.62. The number of rotatable bonds is 4. The number of ether oxygens (including phenoxy) is 4. The minimum absolute atomic E-state index is 0.147. The second-order valence-corrected chi connectivity index (χ2v) is 8.66. The second-order valence-electron chi connectivity index (χ2n) is 8.66. The summed E-state index contributed by atoms with van der Waals surface area (Å²) < 4.78 is 21.3. The van der Waals surface area contributed by atoms with Crippen molar-refractivity contribution in [3.8, 4) is 0 Å². The fraction of sp³-hybridized carbons (Fsp3) is 0.542. The lowest BCUT2D eigenvalue weighted by molar-refractivity contribution is -0.170. The number of methoxy groups -OCH3 is 3. The number of fused-ring (bicyclic) bond motifs is 2. The van der Waals surface area contributed by atoms with E-state index in [-0.39, 0.29) is 36.6 Å². The molecule has 0 unspecified atom stereocenters. The van der Waals surface area contributed by atoms with E-state index in [9.17, 15) is 14.4 Å². The Hall–Kier alpha value is -2.67. The van der Waals surface area contributed by atoms with Gasteiger partial charge in [0.15, 0.2) is 5.41 Å². The van der Waals surface area contributed by atoms with Crippen LogP contribution in [0.4, 0.5) is 0 Å². The number of carbonyl (C=O) groups excluding carboxylic acids is 3. The molecular weight excluding hydrogens is 400 g/mol. The zero-order valence-corrected chi connectivity index (χ0v) is 18.0. The zero-order valence-electron chi connectivity index (χ0n) is 18.0. The third kappa shape index (κ3) is 3.55. The molecule has 1 saturated heterocycles. The van der Waals surface area contributed by atoms with Gasteiger partial charge in [-0.1, -0.05) is 36.4 Å². The third-order valence-electron chi connectivity index (χ3n) is 7.15. The summed E-state index contributed by atoms with van der Waals surface area (Å²) in [5.74, 6) is -2.44. The van der Waals surface area contributed by atoms with Crippen LogP contribution in [0.25, 0.3) is 0 Å². The summed E-state index contributed by atoms with van der Waals surface area (Å²) in [6.07, 6.45) is 2.87. The van der Waals surface area contributed by atoms with Gasteiger partial charge in [-0.05, 0) is 42.2 Å². The lowest BCUT2D eigenvalue weighted by Crippen LogP contribution is -2.46.